The van der Waals surface area contributed by atoms with E-state index in [4.69, 9.17) is 23.1 Å². The number of amides is 1. The third-order valence-electron chi connectivity index (χ3n) is 2.89. The molecule has 0 saturated heterocycles. The van der Waals surface area contributed by atoms with Gasteiger partial charge >= 0.3 is 6.09 Å². The lowest BCUT2D eigenvalue weighted by molar-refractivity contribution is 0.123. The number of nitrogens with one attached hydrogen (secondary N) is 1. The van der Waals surface area contributed by atoms with E-state index in [2.05, 4.69) is 5.32 Å². The lowest BCUT2D eigenvalue weighted by Gasteiger charge is -2.33. The van der Waals surface area contributed by atoms with Crippen molar-refractivity contribution < 1.29 is 9.90 Å². The summed E-state index contributed by atoms with van der Waals surface area (Å²) in [5, 5.41) is 12.2. The second-order valence-electron chi connectivity index (χ2n) is 3.91. The summed E-state index contributed by atoms with van der Waals surface area (Å²) >= 11 is 4.76. The van der Waals surface area contributed by atoms with Crippen molar-refractivity contribution in [3.05, 3.63) is 0 Å². The summed E-state index contributed by atoms with van der Waals surface area (Å²) in [7, 11) is 1.62. The molecule has 0 heterocycles. The average molecular weight is 231 g/mol. The van der Waals surface area contributed by atoms with Crippen molar-refractivity contribution in [1.82, 2.24) is 10.2 Å². The summed E-state index contributed by atoms with van der Waals surface area (Å²) < 4.78 is 0. The highest BCUT2D eigenvalue weighted by molar-refractivity contribution is 7.80. The minimum atomic E-state index is -0.860. The van der Waals surface area contributed by atoms with Crippen molar-refractivity contribution in [3.8, 4) is 0 Å². The van der Waals surface area contributed by atoms with Crippen molar-refractivity contribution in [2.45, 2.75) is 37.8 Å². The predicted octanol–water partition coefficient (Wildman–Crippen LogP) is 0.741. The maximum atomic E-state index is 10.7. The highest BCUT2D eigenvalue weighted by atomic mass is 32.1. The highest BCUT2D eigenvalue weighted by Gasteiger charge is 2.26. The molecule has 1 aliphatic carbocycles. The molecule has 1 fully saturated rings. The Hall–Kier alpha value is -1.04. The number of nitrogens with two attached hydrogens (primary N) is 1. The summed E-state index contributed by atoms with van der Waals surface area (Å²) in [5.41, 5.74) is 5.38. The fourth-order valence-electron chi connectivity index (χ4n) is 1.96. The van der Waals surface area contributed by atoms with Crippen LogP contribution < -0.4 is 11.1 Å². The van der Waals surface area contributed by atoms with Crippen molar-refractivity contribution >= 4 is 23.4 Å². The van der Waals surface area contributed by atoms with Crippen LogP contribution in [-0.2, 0) is 0 Å². The van der Waals surface area contributed by atoms with Crippen LogP contribution in [-0.4, -0.2) is 40.3 Å². The van der Waals surface area contributed by atoms with Crippen molar-refractivity contribution in [1.29, 1.82) is 0 Å². The summed E-state index contributed by atoms with van der Waals surface area (Å²) in [6, 6.07) is 0.438. The van der Waals surface area contributed by atoms with Gasteiger partial charge in [0.05, 0.1) is 0 Å². The topological polar surface area (TPSA) is 78.6 Å². The molecule has 0 aliphatic heterocycles. The van der Waals surface area contributed by atoms with Crippen molar-refractivity contribution in [2.24, 2.45) is 5.73 Å². The molecule has 0 spiro atoms. The smallest absolute Gasteiger partial charge is 0.407 e. The molecule has 86 valence electrons. The van der Waals surface area contributed by atoms with Gasteiger partial charge in [-0.15, -0.1) is 0 Å². The van der Waals surface area contributed by atoms with Crippen LogP contribution in [0.4, 0.5) is 4.79 Å². The Kier molecular flexibility index (Phi) is 4.14. The number of carboxylic acid groups (broad SMARTS) is 1. The van der Waals surface area contributed by atoms with Gasteiger partial charge in [0.15, 0.2) is 5.11 Å². The van der Waals surface area contributed by atoms with E-state index < -0.39 is 6.09 Å². The highest BCUT2D eigenvalue weighted by Crippen LogP contribution is 2.22. The second-order valence-corrected chi connectivity index (χ2v) is 4.35. The molecule has 5 nitrogen and oxygen atoms in total. The van der Waals surface area contributed by atoms with Gasteiger partial charge in [-0.25, -0.2) is 4.79 Å². The number of hydrogen-bond donors (Lipinski definition) is 3. The van der Waals surface area contributed by atoms with Gasteiger partial charge in [-0.1, -0.05) is 0 Å². The van der Waals surface area contributed by atoms with Crippen LogP contribution in [0.25, 0.3) is 0 Å². The van der Waals surface area contributed by atoms with E-state index in [1.165, 1.54) is 4.90 Å². The van der Waals surface area contributed by atoms with E-state index in [1.54, 1.807) is 7.05 Å². The SMILES string of the molecule is CN(C(=O)O)C1CCC(NC(N)=S)CC1. The summed E-state index contributed by atoms with van der Waals surface area (Å²) in [6.45, 7) is 0. The zero-order valence-electron chi connectivity index (χ0n) is 8.77. The number of hydrogen-bond acceptors (Lipinski definition) is 2. The first-order chi connectivity index (χ1) is 7.00. The Balaban J connectivity index is 2.35. The molecule has 1 rings (SSSR count). The maximum absolute atomic E-state index is 10.7. The zero-order valence-corrected chi connectivity index (χ0v) is 9.59. The van der Waals surface area contributed by atoms with Crippen LogP contribution >= 0.6 is 12.2 Å². The van der Waals surface area contributed by atoms with Gasteiger partial charge in [-0.3, -0.25) is 0 Å². The van der Waals surface area contributed by atoms with Crippen molar-refractivity contribution in [3.63, 3.8) is 0 Å². The molecule has 1 amide bonds. The molecule has 15 heavy (non-hydrogen) atoms. The van der Waals surface area contributed by atoms with E-state index in [-0.39, 0.29) is 6.04 Å². The summed E-state index contributed by atoms with van der Waals surface area (Å²) in [5.74, 6) is 0. The molecule has 0 aromatic heterocycles. The Morgan fingerprint density at radius 3 is 2.40 bits per heavy atom. The van der Waals surface area contributed by atoms with Crippen molar-refractivity contribution in [2.75, 3.05) is 7.05 Å². The van der Waals surface area contributed by atoms with Crippen LogP contribution in [0.15, 0.2) is 0 Å². The lowest BCUT2D eigenvalue weighted by Crippen LogP contribution is -2.45. The summed E-state index contributed by atoms with van der Waals surface area (Å²) in [4.78, 5) is 12.1. The number of thiocarbonyl (C=S) groups is 1. The van der Waals surface area contributed by atoms with E-state index in [1.807, 2.05) is 0 Å². The van der Waals surface area contributed by atoms with E-state index in [0.29, 0.717) is 11.2 Å². The monoisotopic (exact) mass is 231 g/mol. The lowest BCUT2D eigenvalue weighted by atomic mass is 9.90. The Morgan fingerprint density at radius 1 is 1.47 bits per heavy atom. The summed E-state index contributed by atoms with van der Waals surface area (Å²) in [6.07, 6.45) is 2.70. The zero-order chi connectivity index (χ0) is 11.4. The quantitative estimate of drug-likeness (QED) is 0.611. The molecule has 4 N–H and O–H groups in total. The first-order valence-corrected chi connectivity index (χ1v) is 5.43. The Bertz CT molecular complexity index is 252. The van der Waals surface area contributed by atoms with Gasteiger partial charge in [-0.2, -0.15) is 0 Å². The molecule has 1 aliphatic rings. The molecular formula is C9H17N3O2S. The average Bonchev–Trinajstić information content (AvgIpc) is 2.17. The van der Waals surface area contributed by atoms with E-state index in [0.717, 1.165) is 25.7 Å². The third-order valence-corrected chi connectivity index (χ3v) is 3.01. The minimum Gasteiger partial charge on any atom is -0.465 e. The van der Waals surface area contributed by atoms with Crippen LogP contribution in [0.3, 0.4) is 0 Å². The normalized spacial score (nSPS) is 25.7. The van der Waals surface area contributed by atoms with Crippen LogP contribution in [0, 0.1) is 0 Å². The third kappa shape index (κ3) is 3.54. The Morgan fingerprint density at radius 2 is 2.00 bits per heavy atom. The van der Waals surface area contributed by atoms with Gasteiger partial charge in [0.25, 0.3) is 0 Å². The number of rotatable bonds is 2. The molecule has 0 bridgehead atoms. The van der Waals surface area contributed by atoms with E-state index >= 15 is 0 Å². The first-order valence-electron chi connectivity index (χ1n) is 5.02. The molecule has 0 aromatic rings. The largest absolute Gasteiger partial charge is 0.465 e. The van der Waals surface area contributed by atoms with E-state index in [9.17, 15) is 4.79 Å². The molecule has 6 heteroatoms. The van der Waals surface area contributed by atoms with Crippen LogP contribution in [0.5, 0.6) is 0 Å². The standard InChI is InChI=1S/C9H17N3O2S/c1-12(9(13)14)7-4-2-6(3-5-7)11-8(10)15/h6-7H,2-5H2,1H3,(H,13,14)(H3,10,11,15). The molecule has 0 unspecified atom stereocenters. The van der Waals surface area contributed by atoms with Gasteiger partial charge < -0.3 is 21.1 Å². The fraction of sp³-hybridized carbons (Fsp3) is 0.778. The molecule has 1 saturated carbocycles. The molecule has 0 aromatic carbocycles. The molecule has 0 atom stereocenters. The van der Waals surface area contributed by atoms with Crippen LogP contribution in [0.2, 0.25) is 0 Å². The second kappa shape index (κ2) is 5.16. The van der Waals surface area contributed by atoms with Gasteiger partial charge in [0.1, 0.15) is 0 Å². The van der Waals surface area contributed by atoms with Crippen LogP contribution in [0.1, 0.15) is 25.7 Å². The number of carbonyl (C=O) groups is 1. The van der Waals surface area contributed by atoms with Gasteiger partial charge in [-0.05, 0) is 37.9 Å². The molecular weight excluding hydrogens is 214 g/mol. The van der Waals surface area contributed by atoms with Gasteiger partial charge in [0, 0.05) is 19.1 Å². The fourth-order valence-corrected chi connectivity index (χ4v) is 2.13. The maximum Gasteiger partial charge on any atom is 0.407 e. The minimum absolute atomic E-state index is 0.131. The Labute approximate surface area is 94.6 Å². The van der Waals surface area contributed by atoms with Gasteiger partial charge in [0.2, 0.25) is 0 Å². The first kappa shape index (κ1) is 12.0. The molecule has 0 radical (unpaired) electrons. The number of nitrogens with zero attached hydrogens (tertiary/aromatic N) is 1. The predicted molar refractivity (Wildman–Crippen MR) is 61.8 cm³/mol.